The summed E-state index contributed by atoms with van der Waals surface area (Å²) in [6.07, 6.45) is 3.21. The van der Waals surface area contributed by atoms with Gasteiger partial charge in [-0.1, -0.05) is 17.4 Å². The van der Waals surface area contributed by atoms with Crippen LogP contribution in [0.2, 0.25) is 0 Å². The Morgan fingerprint density at radius 2 is 2.22 bits per heavy atom. The van der Waals surface area contributed by atoms with Gasteiger partial charge in [0.2, 0.25) is 0 Å². The summed E-state index contributed by atoms with van der Waals surface area (Å²) in [7, 11) is 0. The highest BCUT2D eigenvalue weighted by atomic mass is 79.9. The van der Waals surface area contributed by atoms with Crippen LogP contribution >= 0.6 is 27.3 Å². The summed E-state index contributed by atoms with van der Waals surface area (Å²) in [6, 6.07) is 6.22. The smallest absolute Gasteiger partial charge is 0.189 e. The molecule has 90 valence electrons. The fraction of sp³-hybridized carbons (Fsp3) is 0.0833. The molecule has 0 radical (unpaired) electrons. The van der Waals surface area contributed by atoms with Crippen LogP contribution in [0.5, 0.6) is 0 Å². The number of nitrogens with zero attached hydrogens (tertiary/aromatic N) is 3. The molecule has 4 nitrogen and oxygen atoms in total. The minimum atomic E-state index is 0.723. The maximum atomic E-state index is 4.52. The minimum Gasteiger partial charge on any atom is -0.315 e. The molecule has 0 aliphatic rings. The number of halogens is 1. The third kappa shape index (κ3) is 2.21. The van der Waals surface area contributed by atoms with Gasteiger partial charge in [0.15, 0.2) is 5.13 Å². The van der Waals surface area contributed by atoms with E-state index in [9.17, 15) is 0 Å². The number of rotatable bonds is 2. The van der Waals surface area contributed by atoms with Crippen molar-refractivity contribution in [1.29, 1.82) is 0 Å². The molecule has 0 bridgehead atoms. The fourth-order valence-corrected chi connectivity index (χ4v) is 2.87. The molecule has 0 saturated heterocycles. The lowest BCUT2D eigenvalue weighted by Gasteiger charge is -2.01. The summed E-state index contributed by atoms with van der Waals surface area (Å²) < 4.78 is 1.99. The number of aromatic nitrogens is 3. The van der Waals surface area contributed by atoms with Crippen molar-refractivity contribution in [3.63, 3.8) is 0 Å². The molecular formula is C12H9BrN4S. The van der Waals surface area contributed by atoms with E-state index in [0.717, 1.165) is 20.9 Å². The van der Waals surface area contributed by atoms with E-state index < -0.39 is 0 Å². The van der Waals surface area contributed by atoms with Crippen LogP contribution in [0, 0.1) is 6.92 Å². The summed E-state index contributed by atoms with van der Waals surface area (Å²) in [6.45, 7) is 2.08. The molecule has 3 rings (SSSR count). The second-order valence-corrected chi connectivity index (χ2v) is 5.72. The first-order chi connectivity index (χ1) is 8.72. The number of thiazole rings is 1. The van der Waals surface area contributed by atoms with Crippen molar-refractivity contribution in [2.75, 3.05) is 5.32 Å². The zero-order valence-corrected chi connectivity index (χ0v) is 11.9. The Kier molecular flexibility index (Phi) is 2.97. The van der Waals surface area contributed by atoms with E-state index in [1.54, 1.807) is 17.5 Å². The van der Waals surface area contributed by atoms with Crippen LogP contribution < -0.4 is 5.32 Å². The first-order valence-corrected chi connectivity index (χ1v) is 6.93. The third-order valence-corrected chi connectivity index (χ3v) is 3.95. The van der Waals surface area contributed by atoms with Crippen LogP contribution in [0.15, 0.2) is 35.2 Å². The van der Waals surface area contributed by atoms with E-state index >= 15 is 0 Å². The molecule has 0 fully saturated rings. The van der Waals surface area contributed by atoms with Gasteiger partial charge in [-0.2, -0.15) is 0 Å². The fourth-order valence-electron chi connectivity index (χ4n) is 1.59. The van der Waals surface area contributed by atoms with Crippen LogP contribution in [0.3, 0.4) is 0 Å². The van der Waals surface area contributed by atoms with E-state index in [4.69, 9.17) is 0 Å². The predicted molar refractivity (Wildman–Crippen MR) is 77.4 cm³/mol. The monoisotopic (exact) mass is 320 g/mol. The molecule has 0 aliphatic heterocycles. The van der Waals surface area contributed by atoms with Crippen molar-refractivity contribution in [3.8, 4) is 0 Å². The Labute approximate surface area is 116 Å². The lowest BCUT2D eigenvalue weighted by Crippen LogP contribution is -1.94. The van der Waals surface area contributed by atoms with E-state index in [1.165, 1.54) is 16.6 Å². The quantitative estimate of drug-likeness (QED) is 0.778. The Hall–Kier alpha value is -1.53. The third-order valence-electron chi connectivity index (χ3n) is 2.44. The lowest BCUT2D eigenvalue weighted by atomic mass is 10.2. The van der Waals surface area contributed by atoms with Crippen molar-refractivity contribution in [1.82, 2.24) is 15.0 Å². The summed E-state index contributed by atoms with van der Waals surface area (Å²) in [5.74, 6) is 0.723. The first-order valence-electron chi connectivity index (χ1n) is 5.32. The number of aryl methyl sites for hydroxylation is 1. The maximum absolute atomic E-state index is 4.52. The highest BCUT2D eigenvalue weighted by molar-refractivity contribution is 9.10. The topological polar surface area (TPSA) is 50.7 Å². The Morgan fingerprint density at radius 1 is 1.33 bits per heavy atom. The molecule has 0 spiro atoms. The average molecular weight is 321 g/mol. The summed E-state index contributed by atoms with van der Waals surface area (Å²) in [5, 5.41) is 4.02. The Balaban J connectivity index is 1.98. The van der Waals surface area contributed by atoms with Crippen LogP contribution in [0.1, 0.15) is 5.56 Å². The highest BCUT2D eigenvalue weighted by Gasteiger charge is 2.06. The number of nitrogens with one attached hydrogen (secondary N) is 1. The van der Waals surface area contributed by atoms with Gasteiger partial charge in [0.05, 0.1) is 14.7 Å². The second-order valence-electron chi connectivity index (χ2n) is 3.83. The first kappa shape index (κ1) is 11.6. The zero-order chi connectivity index (χ0) is 12.5. The molecule has 0 saturated carbocycles. The van der Waals surface area contributed by atoms with E-state index in [2.05, 4.69) is 55.3 Å². The summed E-state index contributed by atoms with van der Waals surface area (Å²) >= 11 is 5.01. The predicted octanol–water partition coefficient (Wildman–Crippen LogP) is 3.90. The molecule has 18 heavy (non-hydrogen) atoms. The van der Waals surface area contributed by atoms with Crippen LogP contribution in [-0.2, 0) is 0 Å². The number of anilines is 2. The number of hydrogen-bond acceptors (Lipinski definition) is 5. The van der Waals surface area contributed by atoms with Gasteiger partial charge in [-0.05, 0) is 40.5 Å². The highest BCUT2D eigenvalue weighted by Crippen LogP contribution is 2.30. The van der Waals surface area contributed by atoms with Gasteiger partial charge in [0.25, 0.3) is 0 Å². The van der Waals surface area contributed by atoms with Gasteiger partial charge in [-0.15, -0.1) is 0 Å². The van der Waals surface area contributed by atoms with Gasteiger partial charge in [0, 0.05) is 6.20 Å². The molecule has 0 unspecified atom stereocenters. The minimum absolute atomic E-state index is 0.723. The molecule has 0 aliphatic carbocycles. The number of fused-ring (bicyclic) bond motifs is 1. The Bertz CT molecular complexity index is 710. The molecular weight excluding hydrogens is 312 g/mol. The van der Waals surface area contributed by atoms with Crippen LogP contribution in [0.25, 0.3) is 10.2 Å². The van der Waals surface area contributed by atoms with Crippen molar-refractivity contribution in [3.05, 3.63) is 40.8 Å². The molecule has 3 aromatic rings. The molecule has 2 aromatic heterocycles. The van der Waals surface area contributed by atoms with Crippen molar-refractivity contribution in [2.24, 2.45) is 0 Å². The lowest BCUT2D eigenvalue weighted by molar-refractivity contribution is 1.15. The van der Waals surface area contributed by atoms with Crippen LogP contribution in [0.4, 0.5) is 10.9 Å². The van der Waals surface area contributed by atoms with Gasteiger partial charge in [-0.3, -0.25) is 0 Å². The molecule has 0 amide bonds. The molecule has 1 N–H and O–H groups in total. The van der Waals surface area contributed by atoms with Crippen molar-refractivity contribution >= 4 is 48.4 Å². The molecule has 0 atom stereocenters. The van der Waals surface area contributed by atoms with Crippen LogP contribution in [-0.4, -0.2) is 15.0 Å². The second kappa shape index (κ2) is 4.62. The summed E-state index contributed by atoms with van der Waals surface area (Å²) in [4.78, 5) is 12.6. The number of benzene rings is 1. The van der Waals surface area contributed by atoms with Gasteiger partial charge in [-0.25, -0.2) is 15.0 Å². The standard InChI is InChI=1S/C12H9BrN4S/c1-7-2-3-9-10(4-7)18-12(16-9)17-11-8(13)5-14-6-15-11/h2-6H,1H3,(H,14,15,16,17). The van der Waals surface area contributed by atoms with E-state index in [0.29, 0.717) is 0 Å². The Morgan fingerprint density at radius 3 is 3.06 bits per heavy atom. The van der Waals surface area contributed by atoms with Gasteiger partial charge < -0.3 is 5.32 Å². The van der Waals surface area contributed by atoms with E-state index in [1.807, 2.05) is 6.07 Å². The van der Waals surface area contributed by atoms with Gasteiger partial charge in [0.1, 0.15) is 12.1 Å². The van der Waals surface area contributed by atoms with Crippen molar-refractivity contribution in [2.45, 2.75) is 6.92 Å². The van der Waals surface area contributed by atoms with E-state index in [-0.39, 0.29) is 0 Å². The average Bonchev–Trinajstić information content (AvgIpc) is 2.73. The molecule has 2 heterocycles. The van der Waals surface area contributed by atoms with Crippen molar-refractivity contribution < 1.29 is 0 Å². The largest absolute Gasteiger partial charge is 0.315 e. The summed E-state index contributed by atoms with van der Waals surface area (Å²) in [5.41, 5.74) is 2.24. The zero-order valence-electron chi connectivity index (χ0n) is 9.51. The maximum Gasteiger partial charge on any atom is 0.189 e. The molecule has 6 heteroatoms. The van der Waals surface area contributed by atoms with Gasteiger partial charge >= 0.3 is 0 Å². The molecule has 1 aromatic carbocycles. The number of hydrogen-bond donors (Lipinski definition) is 1. The normalized spacial score (nSPS) is 10.8. The SMILES string of the molecule is Cc1ccc2nc(Nc3ncncc3Br)sc2c1.